The summed E-state index contributed by atoms with van der Waals surface area (Å²) in [6.45, 7) is 1.22. The first kappa shape index (κ1) is 16.6. The van der Waals surface area contributed by atoms with Gasteiger partial charge in [0.1, 0.15) is 5.58 Å². The van der Waals surface area contributed by atoms with Crippen molar-refractivity contribution in [3.05, 3.63) is 52.7 Å². The zero-order valence-electron chi connectivity index (χ0n) is 14.0. The number of benzene rings is 2. The zero-order valence-corrected chi connectivity index (χ0v) is 14.0. The molecule has 0 unspecified atom stereocenters. The van der Waals surface area contributed by atoms with E-state index in [-0.39, 0.29) is 11.5 Å². The summed E-state index contributed by atoms with van der Waals surface area (Å²) >= 11 is 0. The molecule has 0 aliphatic heterocycles. The fourth-order valence-electron chi connectivity index (χ4n) is 2.60. The minimum atomic E-state index is -0.620. The van der Waals surface area contributed by atoms with Crippen LogP contribution in [0.25, 0.3) is 22.3 Å². The van der Waals surface area contributed by atoms with Crippen LogP contribution in [0.2, 0.25) is 0 Å². The first-order valence-electron chi connectivity index (χ1n) is 7.52. The van der Waals surface area contributed by atoms with E-state index in [4.69, 9.17) is 18.6 Å². The van der Waals surface area contributed by atoms with E-state index in [1.807, 2.05) is 0 Å². The predicted molar refractivity (Wildman–Crippen MR) is 92.3 cm³/mol. The third-order valence-corrected chi connectivity index (χ3v) is 3.65. The summed E-state index contributed by atoms with van der Waals surface area (Å²) in [5, 5.41) is 0.323. The number of para-hydroxylation sites is 2. The summed E-state index contributed by atoms with van der Waals surface area (Å²) in [5.41, 5.74) is 0.390. The van der Waals surface area contributed by atoms with Crippen LogP contribution in [-0.4, -0.2) is 20.2 Å². The van der Waals surface area contributed by atoms with Crippen LogP contribution in [0.1, 0.15) is 6.92 Å². The van der Waals surface area contributed by atoms with Crippen molar-refractivity contribution in [1.82, 2.24) is 0 Å². The second-order valence-corrected chi connectivity index (χ2v) is 5.22. The molecule has 0 fully saturated rings. The molecule has 3 rings (SSSR count). The molecule has 0 amide bonds. The highest BCUT2D eigenvalue weighted by Gasteiger charge is 2.23. The summed E-state index contributed by atoms with van der Waals surface area (Å²) < 4.78 is 21.8. The van der Waals surface area contributed by atoms with Gasteiger partial charge in [-0.25, -0.2) is 0 Å². The van der Waals surface area contributed by atoms with Crippen molar-refractivity contribution in [2.45, 2.75) is 6.92 Å². The van der Waals surface area contributed by atoms with Crippen molar-refractivity contribution in [1.29, 1.82) is 0 Å². The van der Waals surface area contributed by atoms with Gasteiger partial charge in [-0.2, -0.15) is 0 Å². The SMILES string of the molecule is COc1cccc(-c2oc3ccccc3c(=O)c2OC(C)=O)c1OC. The lowest BCUT2D eigenvalue weighted by Gasteiger charge is -2.14. The van der Waals surface area contributed by atoms with E-state index in [1.165, 1.54) is 21.1 Å². The lowest BCUT2D eigenvalue weighted by molar-refractivity contribution is -0.132. The zero-order chi connectivity index (χ0) is 18.0. The Kier molecular flexibility index (Phi) is 4.43. The Morgan fingerprint density at radius 1 is 0.960 bits per heavy atom. The minimum Gasteiger partial charge on any atom is -0.493 e. The standard InChI is InChI=1S/C19H16O6/c1-11(20)24-19-16(21)12-7-4-5-9-14(12)25-18(19)13-8-6-10-15(22-2)17(13)23-3/h4-10H,1-3H3. The molecule has 128 valence electrons. The normalized spacial score (nSPS) is 10.5. The van der Waals surface area contributed by atoms with Gasteiger partial charge >= 0.3 is 5.97 Å². The smallest absolute Gasteiger partial charge is 0.308 e. The molecule has 0 N–H and O–H groups in total. The highest BCUT2D eigenvalue weighted by molar-refractivity contribution is 5.85. The van der Waals surface area contributed by atoms with Gasteiger partial charge in [0.15, 0.2) is 17.3 Å². The molecule has 0 atom stereocenters. The van der Waals surface area contributed by atoms with E-state index >= 15 is 0 Å². The number of fused-ring (bicyclic) bond motifs is 1. The fourth-order valence-corrected chi connectivity index (χ4v) is 2.60. The molecule has 1 heterocycles. The minimum absolute atomic E-state index is 0.106. The summed E-state index contributed by atoms with van der Waals surface area (Å²) in [4.78, 5) is 24.3. The first-order chi connectivity index (χ1) is 12.1. The predicted octanol–water partition coefficient (Wildman–Crippen LogP) is 3.40. The van der Waals surface area contributed by atoms with Gasteiger partial charge in [0.25, 0.3) is 0 Å². The van der Waals surface area contributed by atoms with Crippen LogP contribution < -0.4 is 19.6 Å². The van der Waals surface area contributed by atoms with E-state index in [0.29, 0.717) is 28.0 Å². The summed E-state index contributed by atoms with van der Waals surface area (Å²) in [6, 6.07) is 11.9. The molecular weight excluding hydrogens is 324 g/mol. The topological polar surface area (TPSA) is 75.0 Å². The van der Waals surface area contributed by atoms with E-state index in [1.54, 1.807) is 42.5 Å². The van der Waals surface area contributed by atoms with Crippen molar-refractivity contribution in [3.63, 3.8) is 0 Å². The molecule has 1 aromatic heterocycles. The molecule has 0 bridgehead atoms. The van der Waals surface area contributed by atoms with Crippen molar-refractivity contribution in [2.75, 3.05) is 14.2 Å². The summed E-state index contributed by atoms with van der Waals surface area (Å²) in [7, 11) is 2.98. The average molecular weight is 340 g/mol. The van der Waals surface area contributed by atoms with Gasteiger partial charge in [-0.3, -0.25) is 9.59 Å². The Morgan fingerprint density at radius 2 is 1.72 bits per heavy atom. The van der Waals surface area contributed by atoms with Crippen LogP contribution in [0, 0.1) is 0 Å². The Hall–Kier alpha value is -3.28. The fraction of sp³-hybridized carbons (Fsp3) is 0.158. The summed E-state index contributed by atoms with van der Waals surface area (Å²) in [6.07, 6.45) is 0. The highest BCUT2D eigenvalue weighted by Crippen LogP contribution is 2.41. The van der Waals surface area contributed by atoms with E-state index in [2.05, 4.69) is 0 Å². The molecule has 2 aromatic carbocycles. The number of carbonyl (C=O) groups excluding carboxylic acids is 1. The number of hydrogen-bond donors (Lipinski definition) is 0. The maximum absolute atomic E-state index is 12.8. The van der Waals surface area contributed by atoms with Gasteiger partial charge in [0.05, 0.1) is 25.2 Å². The quantitative estimate of drug-likeness (QED) is 0.678. The molecule has 0 radical (unpaired) electrons. The van der Waals surface area contributed by atoms with Gasteiger partial charge in [-0.05, 0) is 24.3 Å². The van der Waals surface area contributed by atoms with E-state index in [0.717, 1.165) is 0 Å². The monoisotopic (exact) mass is 340 g/mol. The van der Waals surface area contributed by atoms with Gasteiger partial charge in [0.2, 0.25) is 11.2 Å². The van der Waals surface area contributed by atoms with E-state index < -0.39 is 11.4 Å². The van der Waals surface area contributed by atoms with Gasteiger partial charge in [0, 0.05) is 6.92 Å². The number of hydrogen-bond acceptors (Lipinski definition) is 6. The third-order valence-electron chi connectivity index (χ3n) is 3.65. The number of carbonyl (C=O) groups is 1. The van der Waals surface area contributed by atoms with Crippen molar-refractivity contribution in [3.8, 4) is 28.6 Å². The lowest BCUT2D eigenvalue weighted by Crippen LogP contribution is -2.13. The van der Waals surface area contributed by atoms with Crippen molar-refractivity contribution < 1.29 is 23.4 Å². The van der Waals surface area contributed by atoms with Gasteiger partial charge in [-0.15, -0.1) is 0 Å². The second-order valence-electron chi connectivity index (χ2n) is 5.22. The Labute approximate surface area is 143 Å². The molecule has 0 aliphatic rings. The third kappa shape index (κ3) is 2.94. The Morgan fingerprint density at radius 3 is 2.40 bits per heavy atom. The molecule has 0 saturated carbocycles. The van der Waals surface area contributed by atoms with Gasteiger partial charge in [-0.1, -0.05) is 18.2 Å². The number of esters is 1. The van der Waals surface area contributed by atoms with Crippen LogP contribution in [0.3, 0.4) is 0 Å². The summed E-state index contributed by atoms with van der Waals surface area (Å²) in [5.74, 6) is 0.138. The molecule has 0 saturated heterocycles. The maximum Gasteiger partial charge on any atom is 0.308 e. The first-order valence-corrected chi connectivity index (χ1v) is 7.52. The van der Waals surface area contributed by atoms with Crippen LogP contribution in [0.4, 0.5) is 0 Å². The molecule has 6 nitrogen and oxygen atoms in total. The number of methoxy groups -OCH3 is 2. The average Bonchev–Trinajstić information content (AvgIpc) is 2.62. The molecule has 0 spiro atoms. The lowest BCUT2D eigenvalue weighted by atomic mass is 10.1. The molecular formula is C19H16O6. The number of ether oxygens (including phenoxy) is 3. The largest absolute Gasteiger partial charge is 0.493 e. The maximum atomic E-state index is 12.8. The van der Waals surface area contributed by atoms with Crippen molar-refractivity contribution >= 4 is 16.9 Å². The molecule has 6 heteroatoms. The van der Waals surface area contributed by atoms with Crippen LogP contribution in [0.15, 0.2) is 51.7 Å². The van der Waals surface area contributed by atoms with Crippen molar-refractivity contribution in [2.24, 2.45) is 0 Å². The molecule has 3 aromatic rings. The number of rotatable bonds is 4. The second kappa shape index (κ2) is 6.68. The van der Waals surface area contributed by atoms with E-state index in [9.17, 15) is 9.59 Å². The molecule has 0 aliphatic carbocycles. The Balaban J connectivity index is 2.39. The molecule has 25 heavy (non-hydrogen) atoms. The van der Waals surface area contributed by atoms with Crippen LogP contribution in [-0.2, 0) is 4.79 Å². The van der Waals surface area contributed by atoms with Gasteiger partial charge < -0.3 is 18.6 Å². The van der Waals surface area contributed by atoms with Crippen LogP contribution in [0.5, 0.6) is 17.2 Å². The highest BCUT2D eigenvalue weighted by atomic mass is 16.5. The Bertz CT molecular complexity index is 1000. The van der Waals surface area contributed by atoms with Crippen LogP contribution >= 0.6 is 0 Å².